The molecule has 74 valence electrons. The highest BCUT2D eigenvalue weighted by Crippen LogP contribution is 2.31. The van der Waals surface area contributed by atoms with E-state index in [9.17, 15) is 4.79 Å². The summed E-state index contributed by atoms with van der Waals surface area (Å²) in [6, 6.07) is 4.01. The first kappa shape index (κ1) is 8.05. The molecular weight excluding hydrogens is 178 g/mol. The average molecular weight is 191 g/mol. The third kappa shape index (κ3) is 1.00. The van der Waals surface area contributed by atoms with Crippen molar-refractivity contribution in [2.45, 2.75) is 19.0 Å². The zero-order valence-electron chi connectivity index (χ0n) is 7.97. The van der Waals surface area contributed by atoms with Gasteiger partial charge in [-0.25, -0.2) is 5.01 Å². The van der Waals surface area contributed by atoms with Crippen LogP contribution in [-0.2, 0) is 4.79 Å². The molecule has 14 heavy (non-hydrogen) atoms. The summed E-state index contributed by atoms with van der Waals surface area (Å²) in [5.41, 5.74) is 0. The molecule has 2 saturated heterocycles. The van der Waals surface area contributed by atoms with Crippen molar-refractivity contribution in [2.24, 2.45) is 0 Å². The Labute approximate surface area is 82.7 Å². The van der Waals surface area contributed by atoms with E-state index in [1.54, 1.807) is 0 Å². The summed E-state index contributed by atoms with van der Waals surface area (Å²) < 4.78 is 2.11. The Morgan fingerprint density at radius 2 is 2.00 bits per heavy atom. The minimum absolute atomic E-state index is 0.222. The Hall–Kier alpha value is -1.29. The molecule has 3 rings (SSSR count). The van der Waals surface area contributed by atoms with Gasteiger partial charge in [-0.3, -0.25) is 9.80 Å². The Morgan fingerprint density at radius 3 is 2.79 bits per heavy atom. The fourth-order valence-corrected chi connectivity index (χ4v) is 2.39. The van der Waals surface area contributed by atoms with Crippen LogP contribution in [0, 0.1) is 0 Å². The molecule has 1 amide bonds. The normalized spacial score (nSPS) is 27.3. The van der Waals surface area contributed by atoms with Crippen molar-refractivity contribution in [1.29, 1.82) is 0 Å². The van der Waals surface area contributed by atoms with Gasteiger partial charge in [0.25, 0.3) is 0 Å². The van der Waals surface area contributed by atoms with Crippen LogP contribution < -0.4 is 0 Å². The number of rotatable bonds is 1. The smallest absolute Gasteiger partial charge is 0.240 e. The van der Waals surface area contributed by atoms with Gasteiger partial charge >= 0.3 is 0 Å². The minimum Gasteiger partial charge on any atom is -0.332 e. The molecule has 4 heteroatoms. The summed E-state index contributed by atoms with van der Waals surface area (Å²) in [6.45, 7) is 1.91. The number of fused-ring (bicyclic) bond motifs is 1. The Balaban J connectivity index is 1.91. The van der Waals surface area contributed by atoms with Crippen LogP contribution >= 0.6 is 0 Å². The van der Waals surface area contributed by atoms with Gasteiger partial charge in [0.15, 0.2) is 0 Å². The van der Waals surface area contributed by atoms with Crippen molar-refractivity contribution in [2.75, 3.05) is 13.1 Å². The molecule has 1 unspecified atom stereocenters. The van der Waals surface area contributed by atoms with Crippen molar-refractivity contribution in [3.05, 3.63) is 24.5 Å². The fourth-order valence-electron chi connectivity index (χ4n) is 2.39. The van der Waals surface area contributed by atoms with Crippen molar-refractivity contribution < 1.29 is 4.79 Å². The Bertz CT molecular complexity index is 346. The molecule has 0 spiro atoms. The first-order chi connectivity index (χ1) is 6.86. The average Bonchev–Trinajstić information content (AvgIpc) is 2.84. The van der Waals surface area contributed by atoms with Crippen LogP contribution in [-0.4, -0.2) is 33.6 Å². The van der Waals surface area contributed by atoms with Crippen LogP contribution in [0.15, 0.2) is 24.5 Å². The van der Waals surface area contributed by atoms with Crippen molar-refractivity contribution in [3.8, 4) is 0 Å². The molecule has 1 aromatic rings. The predicted molar refractivity (Wildman–Crippen MR) is 51.1 cm³/mol. The second-order valence-corrected chi connectivity index (χ2v) is 3.84. The van der Waals surface area contributed by atoms with Gasteiger partial charge in [0.05, 0.1) is 0 Å². The minimum atomic E-state index is 0.222. The van der Waals surface area contributed by atoms with E-state index in [1.165, 1.54) is 0 Å². The van der Waals surface area contributed by atoms with Crippen molar-refractivity contribution in [3.63, 3.8) is 0 Å². The number of nitrogens with zero attached hydrogens (tertiary/aromatic N) is 3. The molecule has 0 saturated carbocycles. The first-order valence-corrected chi connectivity index (χ1v) is 5.05. The summed E-state index contributed by atoms with van der Waals surface area (Å²) >= 11 is 0. The highest BCUT2D eigenvalue weighted by atomic mass is 16.2. The third-order valence-electron chi connectivity index (χ3n) is 3.04. The Kier molecular flexibility index (Phi) is 1.64. The molecule has 4 nitrogen and oxygen atoms in total. The van der Waals surface area contributed by atoms with Crippen LogP contribution in [0.25, 0.3) is 0 Å². The third-order valence-corrected chi connectivity index (χ3v) is 3.04. The standard InChI is InChI=1S/C10H13N3O/c14-10-4-8-12-7-3-9(13(10)12)11-5-1-2-6-11/h1-2,5-6,9H,3-4,7-8H2. The van der Waals surface area contributed by atoms with E-state index in [-0.39, 0.29) is 12.1 Å². The first-order valence-electron chi connectivity index (χ1n) is 5.05. The van der Waals surface area contributed by atoms with Gasteiger partial charge in [-0.1, -0.05) is 0 Å². The van der Waals surface area contributed by atoms with Crippen LogP contribution in [0.1, 0.15) is 19.0 Å². The predicted octanol–water partition coefficient (Wildman–Crippen LogP) is 0.840. The lowest BCUT2D eigenvalue weighted by atomic mass is 10.3. The quantitative estimate of drug-likeness (QED) is 0.658. The van der Waals surface area contributed by atoms with Crippen LogP contribution in [0.3, 0.4) is 0 Å². The van der Waals surface area contributed by atoms with E-state index in [4.69, 9.17) is 0 Å². The van der Waals surface area contributed by atoms with E-state index < -0.39 is 0 Å². The number of aromatic nitrogens is 1. The molecule has 2 aliphatic rings. The maximum atomic E-state index is 11.6. The molecule has 3 heterocycles. The van der Waals surface area contributed by atoms with Gasteiger partial charge in [-0.05, 0) is 12.1 Å². The summed E-state index contributed by atoms with van der Waals surface area (Å²) in [4.78, 5) is 11.6. The summed E-state index contributed by atoms with van der Waals surface area (Å²) in [5.74, 6) is 0.265. The molecular formula is C10H13N3O. The monoisotopic (exact) mass is 191 g/mol. The van der Waals surface area contributed by atoms with Crippen LogP contribution in [0.5, 0.6) is 0 Å². The van der Waals surface area contributed by atoms with E-state index in [0.29, 0.717) is 6.42 Å². The zero-order chi connectivity index (χ0) is 9.54. The van der Waals surface area contributed by atoms with E-state index in [1.807, 2.05) is 29.5 Å². The highest BCUT2D eigenvalue weighted by Gasteiger charge is 2.40. The zero-order valence-corrected chi connectivity index (χ0v) is 7.97. The number of hydrogen-bond acceptors (Lipinski definition) is 2. The molecule has 1 aromatic heterocycles. The molecule has 0 aromatic carbocycles. The topological polar surface area (TPSA) is 28.5 Å². The molecule has 0 bridgehead atoms. The van der Waals surface area contributed by atoms with Crippen molar-refractivity contribution >= 4 is 5.91 Å². The van der Waals surface area contributed by atoms with Crippen LogP contribution in [0.2, 0.25) is 0 Å². The molecule has 2 fully saturated rings. The maximum absolute atomic E-state index is 11.6. The largest absolute Gasteiger partial charge is 0.332 e. The van der Waals surface area contributed by atoms with Crippen molar-refractivity contribution in [1.82, 2.24) is 14.6 Å². The lowest BCUT2D eigenvalue weighted by Crippen LogP contribution is -2.35. The summed E-state index contributed by atoms with van der Waals surface area (Å²) in [5, 5.41) is 4.08. The highest BCUT2D eigenvalue weighted by molar-refractivity contribution is 5.78. The summed E-state index contributed by atoms with van der Waals surface area (Å²) in [7, 11) is 0. The van der Waals surface area contributed by atoms with Gasteiger partial charge in [-0.15, -0.1) is 0 Å². The second-order valence-electron chi connectivity index (χ2n) is 3.84. The van der Waals surface area contributed by atoms with Gasteiger partial charge in [-0.2, -0.15) is 0 Å². The van der Waals surface area contributed by atoms with Gasteiger partial charge in [0, 0.05) is 38.3 Å². The van der Waals surface area contributed by atoms with E-state index >= 15 is 0 Å². The SMILES string of the molecule is O=C1CCN2CCC(n3cccc3)N12. The molecule has 0 N–H and O–H groups in total. The molecule has 0 aliphatic carbocycles. The number of carbonyl (C=O) groups excluding carboxylic acids is 1. The Morgan fingerprint density at radius 1 is 1.21 bits per heavy atom. The van der Waals surface area contributed by atoms with Gasteiger partial charge < -0.3 is 4.57 Å². The number of hydrogen-bond donors (Lipinski definition) is 0. The lowest BCUT2D eigenvalue weighted by molar-refractivity contribution is -0.139. The van der Waals surface area contributed by atoms with Crippen LogP contribution in [0.4, 0.5) is 0 Å². The molecule has 1 atom stereocenters. The van der Waals surface area contributed by atoms with E-state index in [0.717, 1.165) is 19.5 Å². The van der Waals surface area contributed by atoms with E-state index in [2.05, 4.69) is 9.58 Å². The molecule has 0 radical (unpaired) electrons. The number of carbonyl (C=O) groups is 1. The second kappa shape index (κ2) is 2.85. The maximum Gasteiger partial charge on any atom is 0.240 e. The van der Waals surface area contributed by atoms with Gasteiger partial charge in [0.1, 0.15) is 6.17 Å². The number of amides is 1. The summed E-state index contributed by atoms with van der Waals surface area (Å²) in [6.07, 6.45) is 6.00. The lowest BCUT2D eigenvalue weighted by Gasteiger charge is -2.25. The number of hydrazine groups is 1. The van der Waals surface area contributed by atoms with Gasteiger partial charge in [0.2, 0.25) is 5.91 Å². The molecule has 2 aliphatic heterocycles. The fraction of sp³-hybridized carbons (Fsp3) is 0.500.